The van der Waals surface area contributed by atoms with Crippen molar-refractivity contribution in [1.29, 1.82) is 0 Å². The zero-order valence-corrected chi connectivity index (χ0v) is 8.65. The first-order valence-electron chi connectivity index (χ1n) is 5.06. The van der Waals surface area contributed by atoms with E-state index in [-0.39, 0.29) is 23.7 Å². The van der Waals surface area contributed by atoms with Crippen molar-refractivity contribution in [3.63, 3.8) is 0 Å². The molecule has 0 bridgehead atoms. The predicted octanol–water partition coefficient (Wildman–Crippen LogP) is 0.738. The van der Waals surface area contributed by atoms with E-state index in [1.54, 1.807) is 6.07 Å². The Morgan fingerprint density at radius 2 is 2.31 bits per heavy atom. The fourth-order valence-electron chi connectivity index (χ4n) is 1.64. The molecule has 1 aliphatic heterocycles. The van der Waals surface area contributed by atoms with Gasteiger partial charge in [-0.1, -0.05) is 6.07 Å². The molecule has 1 aliphatic rings. The lowest BCUT2D eigenvalue weighted by molar-refractivity contribution is -0.120. The Bertz CT molecular complexity index is 397. The number of halogens is 1. The first-order valence-corrected chi connectivity index (χ1v) is 5.06. The molecular formula is C11H13FN2O2. The molecule has 2 rings (SSSR count). The Labute approximate surface area is 92.6 Å². The van der Waals surface area contributed by atoms with Crippen LogP contribution in [0.4, 0.5) is 10.1 Å². The van der Waals surface area contributed by atoms with Gasteiger partial charge in [-0.2, -0.15) is 0 Å². The predicted molar refractivity (Wildman–Crippen MR) is 57.3 cm³/mol. The number of ether oxygens (including phenoxy) is 1. The van der Waals surface area contributed by atoms with Crippen LogP contribution >= 0.6 is 0 Å². The molecule has 4 nitrogen and oxygen atoms in total. The van der Waals surface area contributed by atoms with Gasteiger partial charge in [-0.15, -0.1) is 0 Å². The Kier molecular flexibility index (Phi) is 3.17. The zero-order valence-electron chi connectivity index (χ0n) is 8.65. The van der Waals surface area contributed by atoms with Gasteiger partial charge in [-0.25, -0.2) is 4.39 Å². The van der Waals surface area contributed by atoms with E-state index >= 15 is 0 Å². The molecule has 5 heteroatoms. The van der Waals surface area contributed by atoms with Crippen molar-refractivity contribution < 1.29 is 13.9 Å². The molecule has 0 aromatic heterocycles. The standard InChI is InChI=1S/C11H13FN2O2/c12-7-2-1-3-8(4-7)14-11(15)9-5-16-6-10(9)13/h1-4,9-10H,5-6,13H2,(H,14,15). The number of rotatable bonds is 2. The Balaban J connectivity index is 2.02. The third kappa shape index (κ3) is 2.37. The van der Waals surface area contributed by atoms with Crippen LogP contribution in [0.5, 0.6) is 0 Å². The van der Waals surface area contributed by atoms with Crippen molar-refractivity contribution in [2.75, 3.05) is 18.5 Å². The van der Waals surface area contributed by atoms with E-state index in [0.717, 1.165) is 0 Å². The highest BCUT2D eigenvalue weighted by Gasteiger charge is 2.31. The number of nitrogens with two attached hydrogens (primary N) is 1. The van der Waals surface area contributed by atoms with Gasteiger partial charge in [0.15, 0.2) is 0 Å². The van der Waals surface area contributed by atoms with E-state index in [1.165, 1.54) is 18.2 Å². The van der Waals surface area contributed by atoms with Gasteiger partial charge < -0.3 is 15.8 Å². The van der Waals surface area contributed by atoms with Crippen molar-refractivity contribution in [3.8, 4) is 0 Å². The average Bonchev–Trinajstić information content (AvgIpc) is 2.64. The van der Waals surface area contributed by atoms with Gasteiger partial charge in [0.25, 0.3) is 0 Å². The summed E-state index contributed by atoms with van der Waals surface area (Å²) >= 11 is 0. The number of carbonyl (C=O) groups is 1. The molecule has 0 saturated carbocycles. The summed E-state index contributed by atoms with van der Waals surface area (Å²) in [6.45, 7) is 0.712. The van der Waals surface area contributed by atoms with Crippen molar-refractivity contribution >= 4 is 11.6 Å². The zero-order chi connectivity index (χ0) is 11.5. The number of hydrogen-bond acceptors (Lipinski definition) is 3. The number of benzene rings is 1. The van der Waals surface area contributed by atoms with E-state index in [2.05, 4.69) is 5.32 Å². The molecule has 1 fully saturated rings. The lowest BCUT2D eigenvalue weighted by atomic mass is 10.0. The fraction of sp³-hybridized carbons (Fsp3) is 0.364. The maximum Gasteiger partial charge on any atom is 0.231 e. The lowest BCUT2D eigenvalue weighted by Gasteiger charge is -2.13. The summed E-state index contributed by atoms with van der Waals surface area (Å²) in [5.41, 5.74) is 6.14. The van der Waals surface area contributed by atoms with E-state index in [4.69, 9.17) is 10.5 Å². The highest BCUT2D eigenvalue weighted by molar-refractivity contribution is 5.93. The highest BCUT2D eigenvalue weighted by Crippen LogP contribution is 2.15. The van der Waals surface area contributed by atoms with Crippen molar-refractivity contribution in [2.24, 2.45) is 11.7 Å². The molecule has 1 saturated heterocycles. The van der Waals surface area contributed by atoms with Crippen LogP contribution < -0.4 is 11.1 Å². The smallest absolute Gasteiger partial charge is 0.231 e. The van der Waals surface area contributed by atoms with Crippen LogP contribution in [-0.2, 0) is 9.53 Å². The largest absolute Gasteiger partial charge is 0.379 e. The van der Waals surface area contributed by atoms with Gasteiger partial charge in [0.2, 0.25) is 5.91 Å². The SMILES string of the molecule is NC1COCC1C(=O)Nc1cccc(F)c1. The van der Waals surface area contributed by atoms with Gasteiger partial charge in [-0.3, -0.25) is 4.79 Å². The van der Waals surface area contributed by atoms with Crippen LogP contribution in [0.3, 0.4) is 0 Å². The van der Waals surface area contributed by atoms with E-state index in [9.17, 15) is 9.18 Å². The molecule has 0 aliphatic carbocycles. The summed E-state index contributed by atoms with van der Waals surface area (Å²) < 4.78 is 18.0. The molecule has 86 valence electrons. The van der Waals surface area contributed by atoms with Crippen molar-refractivity contribution in [2.45, 2.75) is 6.04 Å². The first kappa shape index (κ1) is 11.0. The highest BCUT2D eigenvalue weighted by atomic mass is 19.1. The molecule has 2 atom stereocenters. The molecule has 0 radical (unpaired) electrons. The Morgan fingerprint density at radius 1 is 1.50 bits per heavy atom. The molecule has 1 aromatic carbocycles. The van der Waals surface area contributed by atoms with Gasteiger partial charge >= 0.3 is 0 Å². The average molecular weight is 224 g/mol. The minimum absolute atomic E-state index is 0.226. The van der Waals surface area contributed by atoms with Gasteiger partial charge in [-0.05, 0) is 18.2 Å². The molecule has 1 aromatic rings. The molecule has 2 unspecified atom stereocenters. The fourth-order valence-corrected chi connectivity index (χ4v) is 1.64. The summed E-state index contributed by atoms with van der Waals surface area (Å²) in [7, 11) is 0. The summed E-state index contributed by atoms with van der Waals surface area (Å²) in [6.07, 6.45) is 0. The number of nitrogens with one attached hydrogen (secondary N) is 1. The van der Waals surface area contributed by atoms with Gasteiger partial charge in [0.05, 0.1) is 19.1 Å². The van der Waals surface area contributed by atoms with Crippen LogP contribution in [0.2, 0.25) is 0 Å². The molecule has 1 heterocycles. The molecular weight excluding hydrogens is 211 g/mol. The number of hydrogen-bond donors (Lipinski definition) is 2. The maximum atomic E-state index is 12.9. The van der Waals surface area contributed by atoms with Crippen molar-refractivity contribution in [1.82, 2.24) is 0 Å². The summed E-state index contributed by atoms with van der Waals surface area (Å²) in [6, 6.07) is 5.46. The van der Waals surface area contributed by atoms with Crippen LogP contribution in [0.1, 0.15) is 0 Å². The monoisotopic (exact) mass is 224 g/mol. The van der Waals surface area contributed by atoms with Crippen LogP contribution in [0, 0.1) is 11.7 Å². The summed E-state index contributed by atoms with van der Waals surface area (Å²) in [5.74, 6) is -0.969. The molecule has 3 N–H and O–H groups in total. The van der Waals surface area contributed by atoms with Gasteiger partial charge in [0.1, 0.15) is 5.82 Å². The Morgan fingerprint density at radius 3 is 2.94 bits per heavy atom. The van der Waals surface area contributed by atoms with Crippen LogP contribution in [0.25, 0.3) is 0 Å². The summed E-state index contributed by atoms with van der Waals surface area (Å²) in [4.78, 5) is 11.7. The lowest BCUT2D eigenvalue weighted by Crippen LogP contribution is -2.37. The second kappa shape index (κ2) is 4.59. The molecule has 16 heavy (non-hydrogen) atoms. The Hall–Kier alpha value is -1.46. The normalized spacial score (nSPS) is 24.4. The second-order valence-corrected chi connectivity index (χ2v) is 3.81. The quantitative estimate of drug-likeness (QED) is 0.778. The number of anilines is 1. The van der Waals surface area contributed by atoms with E-state index in [1.807, 2.05) is 0 Å². The van der Waals surface area contributed by atoms with Crippen LogP contribution in [-0.4, -0.2) is 25.2 Å². The third-order valence-corrected chi connectivity index (χ3v) is 2.55. The van der Waals surface area contributed by atoms with Gasteiger partial charge in [0, 0.05) is 11.7 Å². The van der Waals surface area contributed by atoms with Crippen LogP contribution in [0.15, 0.2) is 24.3 Å². The second-order valence-electron chi connectivity index (χ2n) is 3.81. The topological polar surface area (TPSA) is 64.3 Å². The minimum atomic E-state index is -0.384. The molecule has 1 amide bonds. The number of carbonyl (C=O) groups excluding carboxylic acids is 1. The van der Waals surface area contributed by atoms with E-state index in [0.29, 0.717) is 18.9 Å². The third-order valence-electron chi connectivity index (χ3n) is 2.55. The van der Waals surface area contributed by atoms with Crippen molar-refractivity contribution in [3.05, 3.63) is 30.1 Å². The summed E-state index contributed by atoms with van der Waals surface area (Å²) in [5, 5.41) is 2.62. The maximum absolute atomic E-state index is 12.9. The number of amides is 1. The minimum Gasteiger partial charge on any atom is -0.379 e. The van der Waals surface area contributed by atoms with E-state index < -0.39 is 0 Å². The molecule has 0 spiro atoms. The first-order chi connectivity index (χ1) is 7.66.